The number of aromatic nitrogens is 2. The third-order valence-corrected chi connectivity index (χ3v) is 4.50. The predicted octanol–water partition coefficient (Wildman–Crippen LogP) is 3.40. The van der Waals surface area contributed by atoms with Crippen LogP contribution in [0.5, 0.6) is 0 Å². The molecular formula is C18H19N3O. The Labute approximate surface area is 129 Å². The lowest BCUT2D eigenvalue weighted by molar-refractivity contribution is -0.110. The van der Waals surface area contributed by atoms with Crippen molar-refractivity contribution in [3.8, 4) is 0 Å². The zero-order valence-corrected chi connectivity index (χ0v) is 12.9. The van der Waals surface area contributed by atoms with Crippen LogP contribution in [0.25, 0.3) is 11.6 Å². The van der Waals surface area contributed by atoms with Gasteiger partial charge in [0.15, 0.2) is 0 Å². The average Bonchev–Trinajstić information content (AvgIpc) is 3.00. The second kappa shape index (κ2) is 4.83. The van der Waals surface area contributed by atoms with Gasteiger partial charge in [0.25, 0.3) is 5.91 Å². The molecule has 2 N–H and O–H groups in total. The number of carbonyl (C=O) groups is 1. The molecular weight excluding hydrogens is 274 g/mol. The Kier molecular flexibility index (Phi) is 2.93. The number of nitrogens with zero attached hydrogens (tertiary/aromatic N) is 1. The first-order valence-corrected chi connectivity index (χ1v) is 7.84. The van der Waals surface area contributed by atoms with Crippen LogP contribution in [0, 0.1) is 13.8 Å². The number of amides is 1. The van der Waals surface area contributed by atoms with Crippen molar-refractivity contribution in [2.24, 2.45) is 0 Å². The molecule has 0 radical (unpaired) electrons. The molecule has 0 spiro atoms. The van der Waals surface area contributed by atoms with Gasteiger partial charge in [0.1, 0.15) is 5.82 Å². The van der Waals surface area contributed by atoms with E-state index in [2.05, 4.69) is 21.4 Å². The Morgan fingerprint density at radius 3 is 2.82 bits per heavy atom. The standard InChI is InChI=1S/C18H19N3O/c1-10-7-11(2)17-12(18(22)21-15(17)8-10)9-16-19-13-5-3-4-6-14(13)20-16/h7-9H,3-6H2,1-2H3,(H,19,20)(H,21,22). The molecule has 0 atom stereocenters. The van der Waals surface area contributed by atoms with E-state index in [0.717, 1.165) is 46.7 Å². The molecule has 2 aliphatic rings. The van der Waals surface area contributed by atoms with Gasteiger partial charge in [0, 0.05) is 16.9 Å². The van der Waals surface area contributed by atoms with E-state index in [9.17, 15) is 4.79 Å². The van der Waals surface area contributed by atoms with Gasteiger partial charge in [-0.1, -0.05) is 6.07 Å². The molecule has 1 aliphatic heterocycles. The minimum absolute atomic E-state index is 0.0435. The lowest BCUT2D eigenvalue weighted by Crippen LogP contribution is -2.03. The number of benzene rings is 1. The third kappa shape index (κ3) is 2.06. The van der Waals surface area contributed by atoms with Gasteiger partial charge < -0.3 is 10.3 Å². The number of aryl methyl sites for hydroxylation is 4. The summed E-state index contributed by atoms with van der Waals surface area (Å²) in [7, 11) is 0. The van der Waals surface area contributed by atoms with Crippen LogP contribution in [0.2, 0.25) is 0 Å². The first kappa shape index (κ1) is 13.3. The molecule has 1 amide bonds. The van der Waals surface area contributed by atoms with Gasteiger partial charge >= 0.3 is 0 Å². The smallest absolute Gasteiger partial charge is 0.256 e. The number of rotatable bonds is 1. The number of H-pyrrole nitrogens is 1. The van der Waals surface area contributed by atoms with Crippen molar-refractivity contribution in [1.82, 2.24) is 9.97 Å². The number of carbonyl (C=O) groups excluding carboxylic acids is 1. The second-order valence-electron chi connectivity index (χ2n) is 6.27. The highest BCUT2D eigenvalue weighted by Crippen LogP contribution is 2.36. The van der Waals surface area contributed by atoms with E-state index in [1.54, 1.807) is 0 Å². The molecule has 2 heterocycles. The summed E-state index contributed by atoms with van der Waals surface area (Å²) in [5, 5.41) is 2.96. The Morgan fingerprint density at radius 2 is 2.00 bits per heavy atom. The molecule has 0 saturated heterocycles. The number of nitrogens with one attached hydrogen (secondary N) is 2. The van der Waals surface area contributed by atoms with Crippen molar-refractivity contribution in [3.05, 3.63) is 46.0 Å². The van der Waals surface area contributed by atoms with Crippen LogP contribution < -0.4 is 5.32 Å². The van der Waals surface area contributed by atoms with Crippen molar-refractivity contribution in [2.75, 3.05) is 5.32 Å². The number of fused-ring (bicyclic) bond motifs is 2. The zero-order valence-electron chi connectivity index (χ0n) is 12.9. The quantitative estimate of drug-likeness (QED) is 0.792. The molecule has 0 unspecified atom stereocenters. The maximum Gasteiger partial charge on any atom is 0.256 e. The molecule has 1 aliphatic carbocycles. The van der Waals surface area contributed by atoms with E-state index in [-0.39, 0.29) is 5.91 Å². The topological polar surface area (TPSA) is 57.8 Å². The fourth-order valence-corrected chi connectivity index (χ4v) is 3.55. The Hall–Kier alpha value is -2.36. The van der Waals surface area contributed by atoms with Crippen LogP contribution in [0.1, 0.15) is 46.7 Å². The molecule has 2 aromatic rings. The van der Waals surface area contributed by atoms with Crippen molar-refractivity contribution < 1.29 is 4.79 Å². The molecule has 1 aromatic heterocycles. The van der Waals surface area contributed by atoms with Crippen molar-refractivity contribution >= 4 is 23.2 Å². The number of anilines is 1. The SMILES string of the molecule is Cc1cc(C)c2c(c1)NC(=O)C2=Cc1nc2c([nH]1)CCCC2. The highest BCUT2D eigenvalue weighted by atomic mass is 16.2. The molecule has 4 heteroatoms. The van der Waals surface area contributed by atoms with Gasteiger partial charge in [-0.2, -0.15) is 0 Å². The monoisotopic (exact) mass is 293 g/mol. The molecule has 0 fully saturated rings. The molecule has 0 saturated carbocycles. The Balaban J connectivity index is 1.80. The molecule has 1 aromatic carbocycles. The summed E-state index contributed by atoms with van der Waals surface area (Å²) in [6.45, 7) is 4.09. The van der Waals surface area contributed by atoms with E-state index in [0.29, 0.717) is 5.57 Å². The summed E-state index contributed by atoms with van der Waals surface area (Å²) in [6.07, 6.45) is 6.41. The summed E-state index contributed by atoms with van der Waals surface area (Å²) in [5.74, 6) is 0.753. The summed E-state index contributed by atoms with van der Waals surface area (Å²) < 4.78 is 0. The minimum atomic E-state index is -0.0435. The van der Waals surface area contributed by atoms with E-state index in [1.807, 2.05) is 26.0 Å². The van der Waals surface area contributed by atoms with Crippen LogP contribution in [0.4, 0.5) is 5.69 Å². The second-order valence-corrected chi connectivity index (χ2v) is 6.27. The van der Waals surface area contributed by atoms with E-state index in [1.165, 1.54) is 18.5 Å². The van der Waals surface area contributed by atoms with Crippen molar-refractivity contribution in [3.63, 3.8) is 0 Å². The van der Waals surface area contributed by atoms with Crippen LogP contribution in [0.15, 0.2) is 12.1 Å². The Morgan fingerprint density at radius 1 is 1.18 bits per heavy atom. The van der Waals surface area contributed by atoms with Gasteiger partial charge in [-0.25, -0.2) is 4.98 Å². The number of hydrogen-bond donors (Lipinski definition) is 2. The van der Waals surface area contributed by atoms with Crippen molar-refractivity contribution in [1.29, 1.82) is 0 Å². The van der Waals surface area contributed by atoms with Crippen molar-refractivity contribution in [2.45, 2.75) is 39.5 Å². The molecule has 0 bridgehead atoms. The summed E-state index contributed by atoms with van der Waals surface area (Å²) in [6, 6.07) is 4.13. The normalized spacial score (nSPS) is 18.3. The molecule has 22 heavy (non-hydrogen) atoms. The first-order valence-electron chi connectivity index (χ1n) is 7.84. The summed E-state index contributed by atoms with van der Waals surface area (Å²) in [4.78, 5) is 20.4. The van der Waals surface area contributed by atoms with E-state index in [4.69, 9.17) is 0 Å². The third-order valence-electron chi connectivity index (χ3n) is 4.50. The largest absolute Gasteiger partial charge is 0.342 e. The van der Waals surface area contributed by atoms with Crippen LogP contribution in [0.3, 0.4) is 0 Å². The lowest BCUT2D eigenvalue weighted by atomic mass is 9.99. The van der Waals surface area contributed by atoms with Gasteiger partial charge in [0.05, 0.1) is 11.3 Å². The highest BCUT2D eigenvalue weighted by Gasteiger charge is 2.26. The van der Waals surface area contributed by atoms with Gasteiger partial charge in [0.2, 0.25) is 0 Å². The maximum absolute atomic E-state index is 12.3. The summed E-state index contributed by atoms with van der Waals surface area (Å²) in [5.41, 5.74) is 7.30. The molecule has 4 nitrogen and oxygen atoms in total. The minimum Gasteiger partial charge on any atom is -0.342 e. The average molecular weight is 293 g/mol. The van der Waals surface area contributed by atoms with Gasteiger partial charge in [-0.05, 0) is 62.8 Å². The van der Waals surface area contributed by atoms with Gasteiger partial charge in [-0.15, -0.1) is 0 Å². The molecule has 112 valence electrons. The molecule has 4 rings (SSSR count). The first-order chi connectivity index (χ1) is 10.6. The fraction of sp³-hybridized carbons (Fsp3) is 0.333. The number of hydrogen-bond acceptors (Lipinski definition) is 2. The lowest BCUT2D eigenvalue weighted by Gasteiger charge is -2.07. The summed E-state index contributed by atoms with van der Waals surface area (Å²) >= 11 is 0. The van der Waals surface area contributed by atoms with Crippen LogP contribution in [-0.4, -0.2) is 15.9 Å². The fourth-order valence-electron chi connectivity index (χ4n) is 3.55. The Bertz CT molecular complexity index is 790. The zero-order chi connectivity index (χ0) is 15.3. The number of aromatic amines is 1. The van der Waals surface area contributed by atoms with Gasteiger partial charge in [-0.3, -0.25) is 4.79 Å². The highest BCUT2D eigenvalue weighted by molar-refractivity contribution is 6.35. The maximum atomic E-state index is 12.3. The number of imidazole rings is 1. The predicted molar refractivity (Wildman–Crippen MR) is 87.6 cm³/mol. The van der Waals surface area contributed by atoms with E-state index >= 15 is 0 Å². The van der Waals surface area contributed by atoms with Crippen LogP contribution >= 0.6 is 0 Å². The van der Waals surface area contributed by atoms with Crippen LogP contribution in [-0.2, 0) is 17.6 Å². The van der Waals surface area contributed by atoms with E-state index < -0.39 is 0 Å².